The molecule has 0 aromatic heterocycles. The third kappa shape index (κ3) is 58.9. The molecule has 0 aromatic rings. The van der Waals surface area contributed by atoms with E-state index in [-0.39, 0.29) is 38.6 Å². The number of hydrogen-bond donors (Lipinski definition) is 0. The molecular weight excluding hydrogens is 553 g/mol. The second kappa shape index (κ2) is 15.3. The van der Waals surface area contributed by atoms with Crippen LogP contribution in [-0.4, -0.2) is 49.4 Å². The van der Waals surface area contributed by atoms with Gasteiger partial charge in [-0.15, -0.1) is 0 Å². The van der Waals surface area contributed by atoms with Crippen LogP contribution in [0.4, 0.5) is 0 Å². The second-order valence-corrected chi connectivity index (χ2v) is 42.1. The maximum absolute atomic E-state index is 4.82. The fraction of sp³-hybridized carbons (Fsp3) is 1.00. The summed E-state index contributed by atoms with van der Waals surface area (Å²) in [6.45, 7) is 41.3. The smallest absolute Gasteiger partial charge is 1.00 e. The Balaban J connectivity index is -0.0000000960. The van der Waals surface area contributed by atoms with E-state index in [1.54, 1.807) is 0 Å². The normalized spacial score (nSPS) is 13.0. The molecule has 176 valence electrons. The minimum atomic E-state index is -1.11. The van der Waals surface area contributed by atoms with Crippen LogP contribution in [-0.2, 0) is 26.2 Å². The van der Waals surface area contributed by atoms with Gasteiger partial charge in [0.05, 0.1) is 0 Å². The maximum atomic E-state index is 4.82. The van der Waals surface area contributed by atoms with Crippen molar-refractivity contribution < 1.29 is 38.6 Å². The van der Waals surface area contributed by atoms with Crippen molar-refractivity contribution in [2.75, 3.05) is 0 Å². The third-order valence-corrected chi connectivity index (χ3v) is 18.1. The number of hydrogen-bond acceptors (Lipinski definition) is 0. The van der Waals surface area contributed by atoms with E-state index in [4.69, 9.17) is 13.9 Å². The summed E-state index contributed by atoms with van der Waals surface area (Å²) in [4.78, 5) is 0. The van der Waals surface area contributed by atoms with Crippen molar-refractivity contribution in [2.24, 2.45) is 0 Å². The average molecular weight is 608 g/mol. The number of rotatable bonds is 6. The van der Waals surface area contributed by atoms with Gasteiger partial charge in [-0.25, -0.2) is 0 Å². The van der Waals surface area contributed by atoms with Gasteiger partial charge in [-0.05, 0) is 0 Å². The molecule has 11 heteroatoms. The molecule has 0 aliphatic heterocycles. The van der Waals surface area contributed by atoms with E-state index >= 15 is 0 Å². The van der Waals surface area contributed by atoms with Crippen molar-refractivity contribution in [1.29, 1.82) is 0 Å². The first-order chi connectivity index (χ1) is 11.1. The minimum Gasteiger partial charge on any atom is -1.00 e. The van der Waals surface area contributed by atoms with Gasteiger partial charge in [-0.3, -0.25) is 0 Å². The Morgan fingerprint density at radius 2 is 0.345 bits per heavy atom. The molecular formula is C18H54ClN3Si6Zr. The summed E-state index contributed by atoms with van der Waals surface area (Å²) in [5.74, 6) is 0. The van der Waals surface area contributed by atoms with E-state index < -0.39 is 49.4 Å². The quantitative estimate of drug-likeness (QED) is 0.328. The van der Waals surface area contributed by atoms with Crippen LogP contribution in [0.25, 0.3) is 13.9 Å². The topological polar surface area (TPSA) is 42.3 Å². The van der Waals surface area contributed by atoms with Gasteiger partial charge in [0.1, 0.15) is 0 Å². The van der Waals surface area contributed by atoms with Crippen LogP contribution in [0.3, 0.4) is 0 Å². The Hall–Kier alpha value is 2.35. The van der Waals surface area contributed by atoms with E-state index in [0.717, 1.165) is 0 Å². The fourth-order valence-corrected chi connectivity index (χ4v) is 27.2. The molecule has 0 aromatic carbocycles. The molecule has 0 aliphatic rings. The molecule has 0 radical (unpaired) electrons. The Labute approximate surface area is 218 Å². The summed E-state index contributed by atoms with van der Waals surface area (Å²) in [7, 11) is -6.64. The van der Waals surface area contributed by atoms with Crippen LogP contribution >= 0.6 is 0 Å². The molecule has 0 rings (SSSR count). The molecule has 3 nitrogen and oxygen atoms in total. The van der Waals surface area contributed by atoms with Crippen LogP contribution in [0.2, 0.25) is 118 Å². The van der Waals surface area contributed by atoms with E-state index in [0.29, 0.717) is 0 Å². The van der Waals surface area contributed by atoms with Gasteiger partial charge >= 0.3 is 26.2 Å². The molecule has 0 bridgehead atoms. The predicted molar refractivity (Wildman–Crippen MR) is 150 cm³/mol. The largest absolute Gasteiger partial charge is 4.00 e. The molecule has 0 unspecified atom stereocenters. The van der Waals surface area contributed by atoms with E-state index in [1.807, 2.05) is 0 Å². The van der Waals surface area contributed by atoms with Crippen molar-refractivity contribution in [2.45, 2.75) is 118 Å². The Bertz CT molecular complexity index is 303. The zero-order valence-corrected chi connectivity index (χ0v) is 32.4. The molecule has 0 spiro atoms. The third-order valence-electron chi connectivity index (χ3n) is 2.01. The second-order valence-electron chi connectivity index (χ2n) is 13.4. The zero-order chi connectivity index (χ0) is 23.1. The first-order valence-corrected chi connectivity index (χ1v) is 31.0. The summed E-state index contributed by atoms with van der Waals surface area (Å²) in [5.41, 5.74) is 0. The molecule has 0 heterocycles. The van der Waals surface area contributed by atoms with Gasteiger partial charge in [0, 0.05) is 0 Å². The number of halogens is 1. The van der Waals surface area contributed by atoms with Crippen molar-refractivity contribution in [3.8, 4) is 0 Å². The van der Waals surface area contributed by atoms with Crippen LogP contribution in [0.1, 0.15) is 0 Å². The fourth-order valence-electron chi connectivity index (χ4n) is 3.02. The van der Waals surface area contributed by atoms with Crippen molar-refractivity contribution in [1.82, 2.24) is 0 Å². The molecule has 0 N–H and O–H groups in total. The molecule has 0 saturated heterocycles. The standard InChI is InChI=1S/3C6H18NSi2.ClH.Zr/c3*1-8(2,3)7-9(4,5)6;;/h3*1-6H3;1H;/q3*-1;;+4/p-1. The zero-order valence-electron chi connectivity index (χ0n) is 23.2. The molecule has 0 saturated carbocycles. The average Bonchev–Trinajstić information content (AvgIpc) is 1.96. The summed E-state index contributed by atoms with van der Waals surface area (Å²) in [6, 6.07) is 0. The first kappa shape index (κ1) is 41.6. The predicted octanol–water partition coefficient (Wildman–Crippen LogP) is 6.09. The Morgan fingerprint density at radius 3 is 0.345 bits per heavy atom. The van der Waals surface area contributed by atoms with E-state index in [1.165, 1.54) is 0 Å². The van der Waals surface area contributed by atoms with E-state index in [2.05, 4.69) is 118 Å². The van der Waals surface area contributed by atoms with Gasteiger partial charge in [0.25, 0.3) is 0 Å². The molecule has 0 aliphatic carbocycles. The van der Waals surface area contributed by atoms with Crippen LogP contribution in [0, 0.1) is 0 Å². The van der Waals surface area contributed by atoms with Crippen LogP contribution in [0.5, 0.6) is 0 Å². The first-order valence-electron chi connectivity index (χ1n) is 10.3. The van der Waals surface area contributed by atoms with Crippen LogP contribution < -0.4 is 12.4 Å². The van der Waals surface area contributed by atoms with Gasteiger partial charge < -0.3 is 26.4 Å². The summed E-state index contributed by atoms with van der Waals surface area (Å²) >= 11 is 0. The Morgan fingerprint density at radius 1 is 0.276 bits per heavy atom. The molecule has 29 heavy (non-hydrogen) atoms. The number of nitrogens with zero attached hydrogens (tertiary/aromatic N) is 3. The van der Waals surface area contributed by atoms with E-state index in [9.17, 15) is 0 Å². The van der Waals surface area contributed by atoms with Gasteiger partial charge in [0.2, 0.25) is 0 Å². The summed E-state index contributed by atoms with van der Waals surface area (Å²) < 4.78 is 14.5. The van der Waals surface area contributed by atoms with Crippen molar-refractivity contribution >= 4 is 49.4 Å². The molecule has 0 fully saturated rings. The SMILES string of the molecule is C[Si](C)(C)[N-][Si](C)(C)C.C[Si](C)(C)[N-][Si](C)(C)C.C[Si](C)(C)[N-][Si](C)(C)C.[Cl-].[Zr+4]. The molecule has 0 amide bonds. The Kier molecular flexibility index (Phi) is 21.9. The molecule has 0 atom stereocenters. The maximum Gasteiger partial charge on any atom is 4.00 e. The van der Waals surface area contributed by atoms with Gasteiger partial charge in [0.15, 0.2) is 0 Å². The van der Waals surface area contributed by atoms with Crippen molar-refractivity contribution in [3.63, 3.8) is 0 Å². The van der Waals surface area contributed by atoms with Gasteiger partial charge in [-0.2, -0.15) is 0 Å². The summed E-state index contributed by atoms with van der Waals surface area (Å²) in [5, 5.41) is 0. The monoisotopic (exact) mass is 605 g/mol. The van der Waals surface area contributed by atoms with Crippen molar-refractivity contribution in [3.05, 3.63) is 13.9 Å². The minimum absolute atomic E-state index is 0. The van der Waals surface area contributed by atoms with Crippen LogP contribution in [0.15, 0.2) is 0 Å². The summed E-state index contributed by atoms with van der Waals surface area (Å²) in [6.07, 6.45) is 0. The van der Waals surface area contributed by atoms with Gasteiger partial charge in [-0.1, -0.05) is 167 Å².